The van der Waals surface area contributed by atoms with Gasteiger partial charge in [0, 0.05) is 18.3 Å². The molecule has 1 unspecified atom stereocenters. The molecule has 0 aromatic carbocycles. The van der Waals surface area contributed by atoms with Crippen molar-refractivity contribution in [3.05, 3.63) is 11.6 Å². The van der Waals surface area contributed by atoms with Crippen molar-refractivity contribution in [1.82, 2.24) is 0 Å². The molecule has 2 aliphatic rings. The van der Waals surface area contributed by atoms with Crippen molar-refractivity contribution in [2.45, 2.75) is 39.4 Å². The van der Waals surface area contributed by atoms with E-state index in [-0.39, 0.29) is 11.8 Å². The molecule has 1 saturated heterocycles. The van der Waals surface area contributed by atoms with Crippen LogP contribution in [0.2, 0.25) is 0 Å². The summed E-state index contributed by atoms with van der Waals surface area (Å²) < 4.78 is 11.2. The Morgan fingerprint density at radius 3 is 2.50 bits per heavy atom. The lowest BCUT2D eigenvalue weighted by atomic mass is 9.80. The zero-order valence-corrected chi connectivity index (χ0v) is 10.3. The van der Waals surface area contributed by atoms with E-state index in [0.717, 1.165) is 6.42 Å². The number of carbonyl (C=O) groups excluding carboxylic acids is 1. The molecule has 3 heteroatoms. The number of allylic oxidation sites excluding steroid dienone is 2. The van der Waals surface area contributed by atoms with Crippen LogP contribution in [0.5, 0.6) is 0 Å². The molecule has 1 fully saturated rings. The number of hydrogen-bond acceptors (Lipinski definition) is 3. The third-order valence-corrected chi connectivity index (χ3v) is 3.45. The van der Waals surface area contributed by atoms with Gasteiger partial charge in [0.05, 0.1) is 13.2 Å². The molecule has 16 heavy (non-hydrogen) atoms. The van der Waals surface area contributed by atoms with Crippen LogP contribution in [0, 0.1) is 11.8 Å². The van der Waals surface area contributed by atoms with Gasteiger partial charge in [-0.3, -0.25) is 4.79 Å². The first kappa shape index (κ1) is 11.8. The highest BCUT2D eigenvalue weighted by Crippen LogP contribution is 2.31. The first-order chi connectivity index (χ1) is 7.48. The lowest BCUT2D eigenvalue weighted by Gasteiger charge is -2.38. The molecule has 0 radical (unpaired) electrons. The van der Waals surface area contributed by atoms with E-state index in [4.69, 9.17) is 9.47 Å². The molecule has 1 heterocycles. The van der Waals surface area contributed by atoms with E-state index in [1.54, 1.807) is 0 Å². The van der Waals surface area contributed by atoms with Crippen LogP contribution in [0.1, 0.15) is 33.6 Å². The van der Waals surface area contributed by atoms with Crippen LogP contribution < -0.4 is 0 Å². The van der Waals surface area contributed by atoms with Gasteiger partial charge in [-0.25, -0.2) is 0 Å². The second-order valence-electron chi connectivity index (χ2n) is 5.32. The lowest BCUT2D eigenvalue weighted by molar-refractivity contribution is -0.266. The molecule has 0 N–H and O–H groups in total. The Kier molecular flexibility index (Phi) is 3.17. The third kappa shape index (κ3) is 2.53. The summed E-state index contributed by atoms with van der Waals surface area (Å²) >= 11 is 0. The third-order valence-electron chi connectivity index (χ3n) is 3.45. The van der Waals surface area contributed by atoms with Gasteiger partial charge in [0.15, 0.2) is 5.79 Å². The van der Waals surface area contributed by atoms with Gasteiger partial charge in [-0.15, -0.1) is 0 Å². The first-order valence-corrected chi connectivity index (χ1v) is 5.94. The fourth-order valence-electron chi connectivity index (χ4n) is 2.33. The largest absolute Gasteiger partial charge is 0.350 e. The molecule has 0 spiro atoms. The number of hydrogen-bond donors (Lipinski definition) is 0. The van der Waals surface area contributed by atoms with Crippen LogP contribution in [-0.4, -0.2) is 24.8 Å². The molecule has 0 aromatic heterocycles. The Morgan fingerprint density at radius 2 is 1.94 bits per heavy atom. The summed E-state index contributed by atoms with van der Waals surface area (Å²) in [5.74, 6) is 0.182. The van der Waals surface area contributed by atoms with Crippen molar-refractivity contribution in [3.8, 4) is 0 Å². The minimum absolute atomic E-state index is 0.0970. The van der Waals surface area contributed by atoms with E-state index in [9.17, 15) is 4.79 Å². The molecule has 1 aliphatic heterocycles. The molecule has 3 nitrogen and oxygen atoms in total. The van der Waals surface area contributed by atoms with Crippen LogP contribution in [-0.2, 0) is 14.3 Å². The van der Waals surface area contributed by atoms with E-state index in [0.29, 0.717) is 25.4 Å². The summed E-state index contributed by atoms with van der Waals surface area (Å²) in [7, 11) is 0. The molecular formula is C13H20O3. The van der Waals surface area contributed by atoms with Crippen LogP contribution in [0.25, 0.3) is 0 Å². The maximum absolute atomic E-state index is 11.9. The van der Waals surface area contributed by atoms with E-state index in [2.05, 4.69) is 6.08 Å². The fraction of sp³-hybridized carbons (Fsp3) is 0.769. The van der Waals surface area contributed by atoms with Gasteiger partial charge >= 0.3 is 0 Å². The van der Waals surface area contributed by atoms with Crippen molar-refractivity contribution in [2.24, 2.45) is 11.8 Å². The number of Topliss-reactive ketones (excluding diaryl/α,β-unsaturated/α-hetero) is 1. The number of carbonyl (C=O) groups is 1. The minimum Gasteiger partial charge on any atom is -0.350 e. The Balaban J connectivity index is 1.97. The van der Waals surface area contributed by atoms with Crippen molar-refractivity contribution >= 4 is 5.78 Å². The van der Waals surface area contributed by atoms with Gasteiger partial charge < -0.3 is 9.47 Å². The van der Waals surface area contributed by atoms with Crippen LogP contribution in [0.3, 0.4) is 0 Å². The second-order valence-corrected chi connectivity index (χ2v) is 5.32. The number of rotatable bonds is 1. The smallest absolute Gasteiger partial charge is 0.162 e. The Labute approximate surface area is 96.8 Å². The van der Waals surface area contributed by atoms with Crippen molar-refractivity contribution in [2.75, 3.05) is 13.2 Å². The zero-order chi connectivity index (χ0) is 11.8. The maximum atomic E-state index is 11.9. The predicted octanol–water partition coefficient (Wildman–Crippen LogP) is 2.31. The van der Waals surface area contributed by atoms with E-state index in [1.165, 1.54) is 5.57 Å². The molecular weight excluding hydrogens is 204 g/mol. The summed E-state index contributed by atoms with van der Waals surface area (Å²) in [6.45, 7) is 7.11. The van der Waals surface area contributed by atoms with E-state index in [1.807, 2.05) is 20.8 Å². The fourth-order valence-corrected chi connectivity index (χ4v) is 2.33. The van der Waals surface area contributed by atoms with Gasteiger partial charge in [-0.2, -0.15) is 0 Å². The number of ether oxygens (including phenoxy) is 2. The normalized spacial score (nSPS) is 31.3. The summed E-state index contributed by atoms with van der Waals surface area (Å²) in [6, 6.07) is 0. The average molecular weight is 224 g/mol. The summed E-state index contributed by atoms with van der Waals surface area (Å²) in [6.07, 6.45) is 3.62. The number of ketones is 1. The van der Waals surface area contributed by atoms with Gasteiger partial charge in [0.1, 0.15) is 5.78 Å². The van der Waals surface area contributed by atoms with Crippen LogP contribution in [0.4, 0.5) is 0 Å². The molecule has 0 aromatic rings. The van der Waals surface area contributed by atoms with Crippen molar-refractivity contribution < 1.29 is 14.3 Å². The standard InChI is InChI=1S/C13H20O3/c1-9-4-5-11(12(14)6-9)10-7-15-13(2,3)16-8-10/h4,10-11H,5-8H2,1-3H3. The van der Waals surface area contributed by atoms with Crippen molar-refractivity contribution in [3.63, 3.8) is 0 Å². The predicted molar refractivity (Wildman–Crippen MR) is 61.0 cm³/mol. The van der Waals surface area contributed by atoms with Crippen molar-refractivity contribution in [1.29, 1.82) is 0 Å². The van der Waals surface area contributed by atoms with E-state index < -0.39 is 5.79 Å². The van der Waals surface area contributed by atoms with E-state index >= 15 is 0 Å². The maximum Gasteiger partial charge on any atom is 0.162 e. The van der Waals surface area contributed by atoms with Crippen LogP contribution in [0.15, 0.2) is 11.6 Å². The highest BCUT2D eigenvalue weighted by molar-refractivity contribution is 5.84. The van der Waals surface area contributed by atoms with Gasteiger partial charge in [0.25, 0.3) is 0 Å². The van der Waals surface area contributed by atoms with Gasteiger partial charge in [0.2, 0.25) is 0 Å². The first-order valence-electron chi connectivity index (χ1n) is 5.94. The topological polar surface area (TPSA) is 35.5 Å². The molecule has 1 aliphatic carbocycles. The minimum atomic E-state index is -0.486. The lowest BCUT2D eigenvalue weighted by Crippen LogP contribution is -2.43. The monoisotopic (exact) mass is 224 g/mol. The molecule has 1 atom stereocenters. The molecule has 0 saturated carbocycles. The molecule has 0 bridgehead atoms. The second kappa shape index (κ2) is 4.30. The summed E-state index contributed by atoms with van der Waals surface area (Å²) in [4.78, 5) is 11.9. The Hall–Kier alpha value is -0.670. The average Bonchev–Trinajstić information content (AvgIpc) is 2.19. The summed E-state index contributed by atoms with van der Waals surface area (Å²) in [5.41, 5.74) is 1.19. The molecule has 90 valence electrons. The zero-order valence-electron chi connectivity index (χ0n) is 10.3. The van der Waals surface area contributed by atoms with Gasteiger partial charge in [-0.05, 0) is 27.2 Å². The SMILES string of the molecule is CC1=CCC(C2COC(C)(C)OC2)C(=O)C1. The quantitative estimate of drug-likeness (QED) is 0.641. The Morgan fingerprint density at radius 1 is 1.31 bits per heavy atom. The summed E-state index contributed by atoms with van der Waals surface area (Å²) in [5, 5.41) is 0. The highest BCUT2D eigenvalue weighted by atomic mass is 16.7. The molecule has 2 rings (SSSR count). The van der Waals surface area contributed by atoms with Gasteiger partial charge in [-0.1, -0.05) is 11.6 Å². The molecule has 0 amide bonds. The Bertz CT molecular complexity index is 307. The highest BCUT2D eigenvalue weighted by Gasteiger charge is 2.36. The van der Waals surface area contributed by atoms with Crippen LogP contribution >= 0.6 is 0 Å².